The normalized spacial score (nSPS) is 11.6. The van der Waals surface area contributed by atoms with Crippen molar-refractivity contribution in [1.82, 2.24) is 10.2 Å². The van der Waals surface area contributed by atoms with Gasteiger partial charge in [0.1, 0.15) is 0 Å². The summed E-state index contributed by atoms with van der Waals surface area (Å²) in [5.74, 6) is -0.295. The maximum absolute atomic E-state index is 12.5. The first-order valence-corrected chi connectivity index (χ1v) is 8.38. The van der Waals surface area contributed by atoms with Crippen LogP contribution in [0.5, 0.6) is 0 Å². The fraction of sp³-hybridized carbons (Fsp3) is 0.300. The lowest BCUT2D eigenvalue weighted by Gasteiger charge is -2.24. The highest BCUT2D eigenvalue weighted by atomic mass is 16.3. The molecule has 0 saturated carbocycles. The van der Waals surface area contributed by atoms with Crippen molar-refractivity contribution in [2.45, 2.75) is 25.9 Å². The van der Waals surface area contributed by atoms with Crippen LogP contribution in [0.15, 0.2) is 60.7 Å². The molecule has 0 aromatic heterocycles. The second-order valence-electron chi connectivity index (χ2n) is 5.97. The Balaban J connectivity index is 1.91. The average Bonchev–Trinajstić information content (AvgIpc) is 2.62. The van der Waals surface area contributed by atoms with Crippen molar-refractivity contribution in [1.29, 1.82) is 0 Å². The molecule has 5 heteroatoms. The Morgan fingerprint density at radius 1 is 1.04 bits per heavy atom. The number of carbonyl (C=O) groups is 2. The third-order valence-electron chi connectivity index (χ3n) is 3.83. The smallest absolute Gasteiger partial charge is 0.251 e. The summed E-state index contributed by atoms with van der Waals surface area (Å²) in [5.41, 5.74) is 1.57. The number of amides is 2. The maximum Gasteiger partial charge on any atom is 0.251 e. The first kappa shape index (κ1) is 18.7. The van der Waals surface area contributed by atoms with Gasteiger partial charge in [0.25, 0.3) is 5.91 Å². The van der Waals surface area contributed by atoms with E-state index in [0.717, 1.165) is 5.56 Å². The first-order chi connectivity index (χ1) is 12.1. The molecule has 2 aromatic carbocycles. The van der Waals surface area contributed by atoms with E-state index in [4.69, 9.17) is 0 Å². The zero-order valence-electron chi connectivity index (χ0n) is 14.4. The molecule has 2 amide bonds. The molecule has 5 nitrogen and oxygen atoms in total. The van der Waals surface area contributed by atoms with Crippen LogP contribution in [-0.4, -0.2) is 41.0 Å². The van der Waals surface area contributed by atoms with Crippen molar-refractivity contribution in [3.05, 3.63) is 71.8 Å². The SMILES string of the molecule is CC(CC(=O)N(CCO)Cc1ccccc1)NC(=O)c1ccccc1. The van der Waals surface area contributed by atoms with Crippen LogP contribution in [0.4, 0.5) is 0 Å². The number of nitrogens with zero attached hydrogens (tertiary/aromatic N) is 1. The van der Waals surface area contributed by atoms with Crippen LogP contribution < -0.4 is 5.32 Å². The monoisotopic (exact) mass is 340 g/mol. The molecule has 0 aliphatic rings. The van der Waals surface area contributed by atoms with Gasteiger partial charge in [-0.1, -0.05) is 48.5 Å². The summed E-state index contributed by atoms with van der Waals surface area (Å²) in [6, 6.07) is 18.3. The molecule has 1 atom stereocenters. The highest BCUT2D eigenvalue weighted by Gasteiger charge is 2.18. The zero-order valence-corrected chi connectivity index (χ0v) is 14.4. The minimum atomic E-state index is -0.294. The molecular weight excluding hydrogens is 316 g/mol. The molecule has 0 fully saturated rings. The minimum Gasteiger partial charge on any atom is -0.395 e. The van der Waals surface area contributed by atoms with Gasteiger partial charge in [0, 0.05) is 31.1 Å². The molecule has 0 radical (unpaired) electrons. The number of hydrogen-bond donors (Lipinski definition) is 2. The molecule has 2 aromatic rings. The molecule has 0 aliphatic heterocycles. The third kappa shape index (κ3) is 6.04. The van der Waals surface area contributed by atoms with E-state index in [0.29, 0.717) is 12.1 Å². The first-order valence-electron chi connectivity index (χ1n) is 8.38. The van der Waals surface area contributed by atoms with Crippen molar-refractivity contribution in [3.63, 3.8) is 0 Å². The average molecular weight is 340 g/mol. The van der Waals surface area contributed by atoms with Crippen LogP contribution >= 0.6 is 0 Å². The van der Waals surface area contributed by atoms with E-state index in [9.17, 15) is 14.7 Å². The van der Waals surface area contributed by atoms with Crippen molar-refractivity contribution in [3.8, 4) is 0 Å². The van der Waals surface area contributed by atoms with Crippen LogP contribution in [0.25, 0.3) is 0 Å². The Labute approximate surface area is 148 Å². The van der Waals surface area contributed by atoms with Gasteiger partial charge in [-0.15, -0.1) is 0 Å². The maximum atomic E-state index is 12.5. The van der Waals surface area contributed by atoms with Crippen molar-refractivity contribution in [2.24, 2.45) is 0 Å². The van der Waals surface area contributed by atoms with Gasteiger partial charge in [-0.05, 0) is 24.6 Å². The largest absolute Gasteiger partial charge is 0.395 e. The zero-order chi connectivity index (χ0) is 18.1. The summed E-state index contributed by atoms with van der Waals surface area (Å²) in [5, 5.41) is 12.1. The van der Waals surface area contributed by atoms with Gasteiger partial charge in [0.2, 0.25) is 5.91 Å². The van der Waals surface area contributed by atoms with E-state index in [-0.39, 0.29) is 37.4 Å². The fourth-order valence-corrected chi connectivity index (χ4v) is 2.56. The van der Waals surface area contributed by atoms with Gasteiger partial charge in [0.05, 0.1) is 6.61 Å². The van der Waals surface area contributed by atoms with E-state index >= 15 is 0 Å². The number of carbonyl (C=O) groups excluding carboxylic acids is 2. The summed E-state index contributed by atoms with van der Waals surface area (Å²) in [6.45, 7) is 2.42. The predicted octanol–water partition coefficient (Wildman–Crippen LogP) is 2.22. The molecule has 132 valence electrons. The number of aliphatic hydroxyl groups is 1. The summed E-state index contributed by atoms with van der Waals surface area (Å²) in [6.07, 6.45) is 0.186. The van der Waals surface area contributed by atoms with E-state index in [1.165, 1.54) is 0 Å². The van der Waals surface area contributed by atoms with Crippen LogP contribution in [0.2, 0.25) is 0 Å². The van der Waals surface area contributed by atoms with Crippen LogP contribution in [-0.2, 0) is 11.3 Å². The molecular formula is C20H24N2O3. The molecule has 0 aliphatic carbocycles. The molecule has 25 heavy (non-hydrogen) atoms. The Bertz CT molecular complexity index is 674. The number of rotatable bonds is 8. The number of hydrogen-bond acceptors (Lipinski definition) is 3. The third-order valence-corrected chi connectivity index (χ3v) is 3.83. The van der Waals surface area contributed by atoms with E-state index in [2.05, 4.69) is 5.32 Å². The summed E-state index contributed by atoms with van der Waals surface area (Å²) >= 11 is 0. The minimum absolute atomic E-state index is 0.0939. The predicted molar refractivity (Wildman–Crippen MR) is 96.9 cm³/mol. The van der Waals surface area contributed by atoms with Crippen molar-refractivity contribution in [2.75, 3.05) is 13.2 Å². The van der Waals surface area contributed by atoms with Crippen molar-refractivity contribution < 1.29 is 14.7 Å². The second-order valence-corrected chi connectivity index (χ2v) is 5.97. The lowest BCUT2D eigenvalue weighted by Crippen LogP contribution is -2.40. The summed E-state index contributed by atoms with van der Waals surface area (Å²) < 4.78 is 0. The van der Waals surface area contributed by atoms with Gasteiger partial charge in [-0.25, -0.2) is 0 Å². The summed E-state index contributed by atoms with van der Waals surface area (Å²) in [7, 11) is 0. The highest BCUT2D eigenvalue weighted by molar-refractivity contribution is 5.94. The lowest BCUT2D eigenvalue weighted by molar-refractivity contribution is -0.132. The van der Waals surface area contributed by atoms with Gasteiger partial charge >= 0.3 is 0 Å². The second kappa shape index (κ2) is 9.59. The molecule has 2 rings (SSSR count). The van der Waals surface area contributed by atoms with E-state index in [1.807, 2.05) is 36.4 Å². The van der Waals surface area contributed by atoms with Crippen LogP contribution in [0.3, 0.4) is 0 Å². The standard InChI is InChI=1S/C20H24N2O3/c1-16(21-20(25)18-10-6-3-7-11-18)14-19(24)22(12-13-23)15-17-8-4-2-5-9-17/h2-11,16,23H,12-15H2,1H3,(H,21,25). The molecule has 0 heterocycles. The highest BCUT2D eigenvalue weighted by Crippen LogP contribution is 2.08. The molecule has 0 saturated heterocycles. The lowest BCUT2D eigenvalue weighted by atomic mass is 10.1. The fourth-order valence-electron chi connectivity index (χ4n) is 2.56. The van der Waals surface area contributed by atoms with Gasteiger partial charge in [0.15, 0.2) is 0 Å². The summed E-state index contributed by atoms with van der Waals surface area (Å²) in [4.78, 5) is 26.3. The Kier molecular flexibility index (Phi) is 7.16. The molecule has 0 spiro atoms. The number of nitrogens with one attached hydrogen (secondary N) is 1. The number of aliphatic hydroxyl groups excluding tert-OH is 1. The van der Waals surface area contributed by atoms with E-state index < -0.39 is 0 Å². The molecule has 0 bridgehead atoms. The van der Waals surface area contributed by atoms with Gasteiger partial charge < -0.3 is 15.3 Å². The number of benzene rings is 2. The Hall–Kier alpha value is -2.66. The molecule has 1 unspecified atom stereocenters. The van der Waals surface area contributed by atoms with Crippen LogP contribution in [0.1, 0.15) is 29.3 Å². The Morgan fingerprint density at radius 3 is 2.24 bits per heavy atom. The van der Waals surface area contributed by atoms with Crippen molar-refractivity contribution >= 4 is 11.8 Å². The van der Waals surface area contributed by atoms with Crippen LogP contribution in [0, 0.1) is 0 Å². The van der Waals surface area contributed by atoms with Gasteiger partial charge in [-0.2, -0.15) is 0 Å². The quantitative estimate of drug-likeness (QED) is 0.774. The topological polar surface area (TPSA) is 69.6 Å². The molecule has 2 N–H and O–H groups in total. The Morgan fingerprint density at radius 2 is 1.64 bits per heavy atom. The van der Waals surface area contributed by atoms with E-state index in [1.54, 1.807) is 36.1 Å². The van der Waals surface area contributed by atoms with Gasteiger partial charge in [-0.3, -0.25) is 9.59 Å².